The van der Waals surface area contributed by atoms with Crippen molar-refractivity contribution in [3.63, 3.8) is 0 Å². The van der Waals surface area contributed by atoms with Crippen LogP contribution in [0.5, 0.6) is 11.6 Å². The quantitative estimate of drug-likeness (QED) is 0.420. The molecule has 28 heavy (non-hydrogen) atoms. The van der Waals surface area contributed by atoms with E-state index in [0.29, 0.717) is 22.2 Å². The lowest BCUT2D eigenvalue weighted by Gasteiger charge is -2.28. The van der Waals surface area contributed by atoms with E-state index in [2.05, 4.69) is 9.97 Å². The number of nitrogens with one attached hydrogen (secondary N) is 1. The van der Waals surface area contributed by atoms with Crippen LogP contribution in [-0.4, -0.2) is 9.97 Å². The fourth-order valence-electron chi connectivity index (χ4n) is 3.81. The Morgan fingerprint density at radius 2 is 1.82 bits per heavy atom. The van der Waals surface area contributed by atoms with E-state index in [4.69, 9.17) is 16.3 Å². The highest BCUT2D eigenvalue weighted by atomic mass is 35.5. The number of ether oxygens (including phenoxy) is 1. The summed E-state index contributed by atoms with van der Waals surface area (Å²) < 4.78 is 19.6. The van der Waals surface area contributed by atoms with Crippen molar-refractivity contribution in [3.05, 3.63) is 98.3 Å². The molecule has 138 valence electrons. The normalized spacial score (nSPS) is 15.0. The molecule has 0 saturated carbocycles. The fraction of sp³-hybridized carbons (Fsp3) is 0.0909. The maximum Gasteiger partial charge on any atom is 0.258 e. The Balaban J connectivity index is 1.88. The topological polar surface area (TPSA) is 55.0 Å². The number of aromatic nitrogens is 2. The second kappa shape index (κ2) is 6.17. The lowest BCUT2D eigenvalue weighted by molar-refractivity contribution is 0.433. The molecule has 6 heteroatoms. The Morgan fingerprint density at radius 1 is 1.11 bits per heavy atom. The Hall–Kier alpha value is -3.18. The first-order chi connectivity index (χ1) is 13.5. The van der Waals surface area contributed by atoms with Gasteiger partial charge in [-0.15, -0.1) is 0 Å². The third kappa shape index (κ3) is 2.51. The minimum Gasteiger partial charge on any atom is -0.437 e. The molecule has 0 saturated heterocycles. The summed E-state index contributed by atoms with van der Waals surface area (Å²) in [5, 5.41) is 2.25. The zero-order valence-electron chi connectivity index (χ0n) is 14.8. The molecule has 3 aromatic carbocycles. The first-order valence-corrected chi connectivity index (χ1v) is 9.16. The van der Waals surface area contributed by atoms with Crippen LogP contribution in [0, 0.1) is 12.7 Å². The van der Waals surface area contributed by atoms with Crippen LogP contribution in [0.3, 0.4) is 0 Å². The van der Waals surface area contributed by atoms with Crippen molar-refractivity contribution in [3.8, 4) is 11.6 Å². The number of hydrogen-bond donors (Lipinski definition) is 1. The number of H-pyrrole nitrogens is 1. The predicted molar refractivity (Wildman–Crippen MR) is 106 cm³/mol. The number of fused-ring (bicyclic) bond motifs is 4. The standard InChI is InChI=1S/C22H14ClFN2O2/c1-11-25-21(27)19-18(12-6-8-13(24)9-7-12)16-10-17(23)14-4-2-3-5-15(14)20(16)28-22(19)26-11/h2-10,18H,1H3,(H,25,26,27). The van der Waals surface area contributed by atoms with Crippen LogP contribution in [0.15, 0.2) is 59.4 Å². The van der Waals surface area contributed by atoms with Crippen LogP contribution in [0.1, 0.15) is 28.4 Å². The lowest BCUT2D eigenvalue weighted by atomic mass is 9.83. The Morgan fingerprint density at radius 3 is 2.57 bits per heavy atom. The molecule has 5 rings (SSSR count). The highest BCUT2D eigenvalue weighted by Crippen LogP contribution is 2.49. The highest BCUT2D eigenvalue weighted by molar-refractivity contribution is 6.36. The maximum absolute atomic E-state index is 13.5. The van der Waals surface area contributed by atoms with E-state index in [9.17, 15) is 9.18 Å². The van der Waals surface area contributed by atoms with Crippen LogP contribution in [0.4, 0.5) is 4.39 Å². The van der Waals surface area contributed by atoms with Crippen molar-refractivity contribution >= 4 is 22.4 Å². The Labute approximate surface area is 164 Å². The fourth-order valence-corrected chi connectivity index (χ4v) is 4.09. The third-order valence-corrected chi connectivity index (χ3v) is 5.33. The second-order valence-electron chi connectivity index (χ2n) is 6.78. The molecule has 0 radical (unpaired) electrons. The summed E-state index contributed by atoms with van der Waals surface area (Å²) in [5.41, 5.74) is 1.61. The lowest BCUT2D eigenvalue weighted by Crippen LogP contribution is -2.24. The summed E-state index contributed by atoms with van der Waals surface area (Å²) >= 11 is 6.55. The first kappa shape index (κ1) is 17.0. The summed E-state index contributed by atoms with van der Waals surface area (Å²) in [7, 11) is 0. The minimum atomic E-state index is -0.474. The Bertz CT molecular complexity index is 1300. The van der Waals surface area contributed by atoms with E-state index in [1.54, 1.807) is 19.1 Å². The van der Waals surface area contributed by atoms with Gasteiger partial charge in [-0.2, -0.15) is 4.98 Å². The van der Waals surface area contributed by atoms with Gasteiger partial charge in [-0.05, 0) is 30.7 Å². The average Bonchev–Trinajstić information content (AvgIpc) is 2.68. The summed E-state index contributed by atoms with van der Waals surface area (Å²) in [4.78, 5) is 20.0. The SMILES string of the molecule is Cc1nc2c(c(=O)[nH]1)C(c1ccc(F)cc1)c1cc(Cl)c3ccccc3c1O2. The van der Waals surface area contributed by atoms with E-state index in [1.807, 2.05) is 30.3 Å². The van der Waals surface area contributed by atoms with Gasteiger partial charge >= 0.3 is 0 Å². The average molecular weight is 393 g/mol. The molecule has 4 nitrogen and oxygen atoms in total. The molecule has 2 heterocycles. The minimum absolute atomic E-state index is 0.260. The van der Waals surface area contributed by atoms with Crippen molar-refractivity contribution in [2.45, 2.75) is 12.8 Å². The van der Waals surface area contributed by atoms with Crippen molar-refractivity contribution < 1.29 is 9.13 Å². The smallest absolute Gasteiger partial charge is 0.258 e. The number of nitrogens with zero attached hydrogens (tertiary/aromatic N) is 1. The number of aryl methyl sites for hydroxylation is 1. The summed E-state index contributed by atoms with van der Waals surface area (Å²) in [6, 6.07) is 15.6. The van der Waals surface area contributed by atoms with Gasteiger partial charge in [-0.3, -0.25) is 4.79 Å². The van der Waals surface area contributed by atoms with Gasteiger partial charge in [0.15, 0.2) is 0 Å². The van der Waals surface area contributed by atoms with E-state index in [-0.39, 0.29) is 17.3 Å². The molecule has 0 amide bonds. The monoisotopic (exact) mass is 392 g/mol. The summed E-state index contributed by atoms with van der Waals surface area (Å²) in [6.07, 6.45) is 0. The highest BCUT2D eigenvalue weighted by Gasteiger charge is 2.34. The number of benzene rings is 3. The molecule has 0 fully saturated rings. The van der Waals surface area contributed by atoms with Gasteiger partial charge in [-0.1, -0.05) is 48.0 Å². The zero-order valence-corrected chi connectivity index (χ0v) is 15.5. The van der Waals surface area contributed by atoms with Crippen molar-refractivity contribution in [1.29, 1.82) is 0 Å². The van der Waals surface area contributed by atoms with Crippen LogP contribution < -0.4 is 10.3 Å². The largest absolute Gasteiger partial charge is 0.437 e. The van der Waals surface area contributed by atoms with Crippen LogP contribution >= 0.6 is 11.6 Å². The van der Waals surface area contributed by atoms with Gasteiger partial charge in [-0.25, -0.2) is 4.39 Å². The number of rotatable bonds is 1. The van der Waals surface area contributed by atoms with Gasteiger partial charge in [0, 0.05) is 27.3 Å². The van der Waals surface area contributed by atoms with E-state index in [0.717, 1.165) is 21.9 Å². The molecule has 0 aliphatic carbocycles. The predicted octanol–water partition coefficient (Wildman–Crippen LogP) is 5.31. The molecular weight excluding hydrogens is 379 g/mol. The van der Waals surface area contributed by atoms with Crippen molar-refractivity contribution in [1.82, 2.24) is 9.97 Å². The molecular formula is C22H14ClFN2O2. The molecule has 0 spiro atoms. The molecule has 1 aromatic heterocycles. The molecule has 1 unspecified atom stereocenters. The van der Waals surface area contributed by atoms with Gasteiger partial charge in [0.05, 0.1) is 5.56 Å². The Kier molecular flexibility index (Phi) is 3.74. The van der Waals surface area contributed by atoms with Gasteiger partial charge in [0.1, 0.15) is 17.4 Å². The molecule has 4 aromatic rings. The van der Waals surface area contributed by atoms with E-state index < -0.39 is 5.92 Å². The van der Waals surface area contributed by atoms with E-state index in [1.165, 1.54) is 12.1 Å². The van der Waals surface area contributed by atoms with Gasteiger partial charge < -0.3 is 9.72 Å². The molecule has 1 N–H and O–H groups in total. The van der Waals surface area contributed by atoms with Crippen LogP contribution in [-0.2, 0) is 0 Å². The van der Waals surface area contributed by atoms with Crippen LogP contribution in [0.2, 0.25) is 5.02 Å². The third-order valence-electron chi connectivity index (χ3n) is 5.01. The summed E-state index contributed by atoms with van der Waals surface area (Å²) in [6.45, 7) is 1.70. The first-order valence-electron chi connectivity index (χ1n) is 8.78. The van der Waals surface area contributed by atoms with Crippen molar-refractivity contribution in [2.75, 3.05) is 0 Å². The zero-order chi connectivity index (χ0) is 19.4. The molecule has 0 bridgehead atoms. The number of hydrogen-bond acceptors (Lipinski definition) is 3. The van der Waals surface area contributed by atoms with Gasteiger partial charge in [0.2, 0.25) is 5.88 Å². The van der Waals surface area contributed by atoms with Crippen molar-refractivity contribution in [2.24, 2.45) is 0 Å². The van der Waals surface area contributed by atoms with Crippen LogP contribution in [0.25, 0.3) is 10.8 Å². The maximum atomic E-state index is 13.5. The number of halogens is 2. The molecule has 1 atom stereocenters. The summed E-state index contributed by atoms with van der Waals surface area (Å²) in [5.74, 6) is 0.514. The van der Waals surface area contributed by atoms with Gasteiger partial charge in [0.25, 0.3) is 5.56 Å². The van der Waals surface area contributed by atoms with E-state index >= 15 is 0 Å². The molecule has 1 aliphatic rings. The second-order valence-corrected chi connectivity index (χ2v) is 7.19. The number of aromatic amines is 1. The molecule has 1 aliphatic heterocycles.